The van der Waals surface area contributed by atoms with Crippen LogP contribution in [-0.2, 0) is 11.3 Å². The summed E-state index contributed by atoms with van der Waals surface area (Å²) in [4.78, 5) is 20.0. The molecule has 0 unspecified atom stereocenters. The zero-order chi connectivity index (χ0) is 18.4. The molecule has 6 heteroatoms. The predicted molar refractivity (Wildman–Crippen MR) is 103 cm³/mol. The van der Waals surface area contributed by atoms with Crippen LogP contribution in [-0.4, -0.2) is 48.3 Å². The minimum Gasteiger partial charge on any atom is -0.399 e. The summed E-state index contributed by atoms with van der Waals surface area (Å²) in [6.07, 6.45) is 2.05. The molecule has 0 spiro atoms. The number of ether oxygens (including phenoxy) is 1. The van der Waals surface area contributed by atoms with E-state index < -0.39 is 0 Å². The van der Waals surface area contributed by atoms with Gasteiger partial charge in [0.15, 0.2) is 0 Å². The van der Waals surface area contributed by atoms with Gasteiger partial charge in [-0.3, -0.25) is 9.36 Å². The van der Waals surface area contributed by atoms with Crippen molar-refractivity contribution in [1.29, 1.82) is 0 Å². The lowest BCUT2D eigenvalue weighted by Gasteiger charge is -2.30. The third-order valence-corrected chi connectivity index (χ3v) is 4.61. The molecule has 1 saturated heterocycles. The normalized spacial score (nSPS) is 15.8. The smallest absolute Gasteiger partial charge is 0.261 e. The van der Waals surface area contributed by atoms with E-state index in [1.165, 1.54) is 0 Å². The summed E-state index contributed by atoms with van der Waals surface area (Å²) >= 11 is 0. The van der Waals surface area contributed by atoms with Gasteiger partial charge in [0.05, 0.1) is 24.1 Å². The fraction of sp³-hybridized carbons (Fsp3) is 0.579. The van der Waals surface area contributed by atoms with E-state index in [2.05, 4.69) is 11.9 Å². The molecule has 0 amide bonds. The molecule has 2 heterocycles. The average molecular weight is 346 g/mol. The number of hydrogen-bond donors (Lipinski definition) is 1. The van der Waals surface area contributed by atoms with Gasteiger partial charge in [-0.05, 0) is 51.2 Å². The molecular weight excluding hydrogens is 316 g/mol. The highest BCUT2D eigenvalue weighted by Crippen LogP contribution is 2.27. The van der Waals surface area contributed by atoms with Crippen molar-refractivity contribution in [2.45, 2.75) is 39.2 Å². The van der Waals surface area contributed by atoms with Crippen molar-refractivity contribution in [3.63, 3.8) is 0 Å². The number of aromatic nitrogens is 2. The minimum atomic E-state index is -0.0201. The molecule has 1 aromatic carbocycles. The number of piperidine rings is 1. The summed E-state index contributed by atoms with van der Waals surface area (Å²) in [7, 11) is 3.78. The Labute approximate surface area is 149 Å². The number of likely N-dealkylation sites (tertiary alicyclic amines) is 1. The first kappa shape index (κ1) is 19.4. The van der Waals surface area contributed by atoms with Gasteiger partial charge in [-0.2, -0.15) is 0 Å². The number of nitrogen functional groups attached to an aromatic ring is 1. The second-order valence-electron chi connectivity index (χ2n) is 6.27. The third-order valence-electron chi connectivity index (χ3n) is 4.61. The van der Waals surface area contributed by atoms with E-state index in [1.54, 1.807) is 23.8 Å². The van der Waals surface area contributed by atoms with E-state index in [0.717, 1.165) is 37.3 Å². The number of methoxy groups -OCH3 is 1. The van der Waals surface area contributed by atoms with Crippen LogP contribution in [0.4, 0.5) is 5.69 Å². The van der Waals surface area contributed by atoms with Crippen molar-refractivity contribution in [3.8, 4) is 0 Å². The molecule has 0 radical (unpaired) electrons. The van der Waals surface area contributed by atoms with Gasteiger partial charge >= 0.3 is 0 Å². The van der Waals surface area contributed by atoms with Crippen molar-refractivity contribution < 1.29 is 4.74 Å². The largest absolute Gasteiger partial charge is 0.399 e. The summed E-state index contributed by atoms with van der Waals surface area (Å²) in [6, 6.07) is 5.35. The molecule has 3 rings (SSSR count). The first-order valence-corrected chi connectivity index (χ1v) is 9.07. The molecule has 1 aromatic heterocycles. The Morgan fingerprint density at radius 3 is 2.60 bits per heavy atom. The highest BCUT2D eigenvalue weighted by atomic mass is 16.5. The van der Waals surface area contributed by atoms with Gasteiger partial charge in [0.1, 0.15) is 5.82 Å². The summed E-state index contributed by atoms with van der Waals surface area (Å²) in [5.41, 5.74) is 7.13. The van der Waals surface area contributed by atoms with Gasteiger partial charge in [-0.15, -0.1) is 0 Å². The van der Waals surface area contributed by atoms with Crippen molar-refractivity contribution in [2.75, 3.05) is 39.6 Å². The van der Waals surface area contributed by atoms with Gasteiger partial charge in [0, 0.05) is 18.7 Å². The van der Waals surface area contributed by atoms with Crippen LogP contribution in [0.1, 0.15) is 38.4 Å². The van der Waals surface area contributed by atoms with Crippen molar-refractivity contribution in [1.82, 2.24) is 14.5 Å². The first-order valence-electron chi connectivity index (χ1n) is 9.07. The van der Waals surface area contributed by atoms with Gasteiger partial charge in [-0.25, -0.2) is 4.98 Å². The second kappa shape index (κ2) is 8.97. The zero-order valence-electron chi connectivity index (χ0n) is 15.8. The van der Waals surface area contributed by atoms with Crippen molar-refractivity contribution in [2.24, 2.45) is 0 Å². The lowest BCUT2D eigenvalue weighted by atomic mass is 9.95. The van der Waals surface area contributed by atoms with Crippen LogP contribution >= 0.6 is 0 Å². The summed E-state index contributed by atoms with van der Waals surface area (Å²) in [5.74, 6) is 1.20. The molecule has 2 N–H and O–H groups in total. The fourth-order valence-electron chi connectivity index (χ4n) is 3.23. The molecule has 0 saturated carbocycles. The Kier molecular flexibility index (Phi) is 6.96. The molecule has 2 aromatic rings. The van der Waals surface area contributed by atoms with E-state index in [9.17, 15) is 4.79 Å². The number of benzene rings is 1. The Morgan fingerprint density at radius 1 is 1.28 bits per heavy atom. The summed E-state index contributed by atoms with van der Waals surface area (Å²) in [6.45, 7) is 7.08. The Balaban J connectivity index is 0.00000109. The molecule has 0 atom stereocenters. The summed E-state index contributed by atoms with van der Waals surface area (Å²) < 4.78 is 6.95. The maximum absolute atomic E-state index is 12.9. The molecule has 1 aliphatic rings. The molecule has 1 fully saturated rings. The number of nitrogens with zero attached hydrogens (tertiary/aromatic N) is 3. The molecule has 0 aliphatic carbocycles. The minimum absolute atomic E-state index is 0.0201. The van der Waals surface area contributed by atoms with E-state index >= 15 is 0 Å². The third kappa shape index (κ3) is 4.38. The van der Waals surface area contributed by atoms with E-state index in [-0.39, 0.29) is 5.56 Å². The van der Waals surface area contributed by atoms with Crippen LogP contribution in [0.2, 0.25) is 0 Å². The maximum Gasteiger partial charge on any atom is 0.261 e. The molecular formula is C19H30N4O2. The van der Waals surface area contributed by atoms with Gasteiger partial charge in [0.2, 0.25) is 0 Å². The van der Waals surface area contributed by atoms with Crippen molar-refractivity contribution >= 4 is 16.6 Å². The zero-order valence-corrected chi connectivity index (χ0v) is 15.8. The second-order valence-corrected chi connectivity index (χ2v) is 6.27. The number of anilines is 1. The van der Waals surface area contributed by atoms with Gasteiger partial charge in [-0.1, -0.05) is 13.8 Å². The molecule has 25 heavy (non-hydrogen) atoms. The van der Waals surface area contributed by atoms with Crippen LogP contribution in [0.5, 0.6) is 0 Å². The lowest BCUT2D eigenvalue weighted by Crippen LogP contribution is -2.34. The van der Waals surface area contributed by atoms with Crippen LogP contribution in [0.25, 0.3) is 10.9 Å². The SMILES string of the molecule is CC.COCCn1c(C2CCN(C)CC2)nc2ccc(N)cc2c1=O. The Morgan fingerprint density at radius 2 is 1.96 bits per heavy atom. The number of fused-ring (bicyclic) bond motifs is 1. The number of hydrogen-bond acceptors (Lipinski definition) is 5. The summed E-state index contributed by atoms with van der Waals surface area (Å²) in [5, 5.41) is 0.581. The topological polar surface area (TPSA) is 73.4 Å². The van der Waals surface area contributed by atoms with Crippen LogP contribution < -0.4 is 11.3 Å². The van der Waals surface area contributed by atoms with E-state index in [0.29, 0.717) is 30.1 Å². The highest BCUT2D eigenvalue weighted by molar-refractivity contribution is 5.81. The van der Waals surface area contributed by atoms with E-state index in [4.69, 9.17) is 15.5 Å². The van der Waals surface area contributed by atoms with E-state index in [1.807, 2.05) is 19.9 Å². The predicted octanol–water partition coefficient (Wildman–Crippen LogP) is 2.46. The van der Waals surface area contributed by atoms with Crippen LogP contribution in [0, 0.1) is 0 Å². The maximum atomic E-state index is 12.9. The Hall–Kier alpha value is -1.92. The molecule has 1 aliphatic heterocycles. The standard InChI is InChI=1S/C17H24N4O2.C2H6/c1-20-7-5-12(6-8-20)16-19-15-4-3-13(18)11-14(15)17(22)21(16)9-10-23-2;1-2/h3-4,11-12H,5-10,18H2,1-2H3;1-2H3. The monoisotopic (exact) mass is 346 g/mol. The van der Waals surface area contributed by atoms with Gasteiger partial charge in [0.25, 0.3) is 5.56 Å². The molecule has 0 bridgehead atoms. The number of nitrogens with two attached hydrogens (primary N) is 1. The highest BCUT2D eigenvalue weighted by Gasteiger charge is 2.24. The molecule has 138 valence electrons. The van der Waals surface area contributed by atoms with Crippen molar-refractivity contribution in [3.05, 3.63) is 34.4 Å². The number of rotatable bonds is 4. The lowest BCUT2D eigenvalue weighted by molar-refractivity contribution is 0.182. The quantitative estimate of drug-likeness (QED) is 0.861. The molecule has 6 nitrogen and oxygen atoms in total. The Bertz CT molecular complexity index is 749. The van der Waals surface area contributed by atoms with Gasteiger partial charge < -0.3 is 15.4 Å². The van der Waals surface area contributed by atoms with Crippen LogP contribution in [0.15, 0.2) is 23.0 Å². The fourth-order valence-corrected chi connectivity index (χ4v) is 3.23. The first-order chi connectivity index (χ1) is 12.1. The average Bonchev–Trinajstić information content (AvgIpc) is 2.64. The van der Waals surface area contributed by atoms with Crippen LogP contribution in [0.3, 0.4) is 0 Å².